The Morgan fingerprint density at radius 3 is 2.56 bits per heavy atom. The fraction of sp³-hybridized carbons (Fsp3) is 0.207. The van der Waals surface area contributed by atoms with Crippen molar-refractivity contribution in [1.82, 2.24) is 9.88 Å². The van der Waals surface area contributed by atoms with Crippen molar-refractivity contribution in [2.24, 2.45) is 0 Å². The van der Waals surface area contributed by atoms with Gasteiger partial charge in [0.2, 0.25) is 11.8 Å². The summed E-state index contributed by atoms with van der Waals surface area (Å²) in [5.41, 5.74) is 9.48. The molecule has 3 aromatic carbocycles. The van der Waals surface area contributed by atoms with E-state index in [0.717, 1.165) is 27.6 Å². The van der Waals surface area contributed by atoms with Crippen molar-refractivity contribution in [2.75, 3.05) is 23.4 Å². The number of amides is 2. The summed E-state index contributed by atoms with van der Waals surface area (Å²) < 4.78 is 23.9. The lowest BCUT2D eigenvalue weighted by Crippen LogP contribution is -2.35. The number of rotatable bonds is 3. The number of carbonyl (C=O) groups excluding carboxylic acids is 2. The van der Waals surface area contributed by atoms with Gasteiger partial charge < -0.3 is 21.3 Å². The normalized spacial score (nSPS) is 16.5. The highest BCUT2D eigenvalue weighted by Gasteiger charge is 2.25. The molecule has 0 saturated carbocycles. The van der Waals surface area contributed by atoms with Crippen LogP contribution in [0.15, 0.2) is 77.8 Å². The lowest BCUT2D eigenvalue weighted by Gasteiger charge is -2.27. The summed E-state index contributed by atoms with van der Waals surface area (Å²) in [6.45, 7) is 0.0391. The highest BCUT2D eigenvalue weighted by molar-refractivity contribution is 7.72. The average Bonchev–Trinajstić information content (AvgIpc) is 2.91. The topological polar surface area (TPSA) is 134 Å². The predicted molar refractivity (Wildman–Crippen MR) is 152 cm³/mol. The Labute approximate surface area is 228 Å². The molecule has 200 valence electrons. The van der Waals surface area contributed by atoms with Gasteiger partial charge in [0.25, 0.3) is 0 Å². The minimum absolute atomic E-state index is 0.0391. The number of nitrogens with two attached hydrogens (primary N) is 1. The number of anilines is 3. The standard InChI is InChI=1S/C29H29N5O4S/c1-34-17-21-16-22(10-12-25(21)39(37)38)32-26(35)4-2-3-18-5-7-19(8-6-18)27(29(34)36)33-23-9-11-24-20(15-23)13-14-31-28(24)30/h5-16,27,33,39H,2-4,17H2,1H3,(H2,30,31)(H,32,35)/t27-/m1/s1. The highest BCUT2D eigenvalue weighted by Crippen LogP contribution is 2.28. The first kappa shape index (κ1) is 26.2. The highest BCUT2D eigenvalue weighted by atomic mass is 32.2. The number of carbonyl (C=O) groups is 2. The molecule has 1 aromatic heterocycles. The Morgan fingerprint density at radius 1 is 1.00 bits per heavy atom. The molecule has 2 aliphatic rings. The van der Waals surface area contributed by atoms with Crippen LogP contribution in [0.1, 0.15) is 35.6 Å². The molecule has 39 heavy (non-hydrogen) atoms. The Balaban J connectivity index is 1.54. The molecule has 0 unspecified atom stereocenters. The second kappa shape index (κ2) is 11.1. The van der Waals surface area contributed by atoms with E-state index in [0.29, 0.717) is 36.3 Å². The summed E-state index contributed by atoms with van der Waals surface area (Å²) in [6.07, 6.45) is 3.33. The Bertz CT molecular complexity index is 1630. The van der Waals surface area contributed by atoms with Gasteiger partial charge in [-0.3, -0.25) is 9.59 Å². The van der Waals surface area contributed by atoms with Gasteiger partial charge in [0.05, 0.1) is 4.90 Å². The zero-order valence-electron chi connectivity index (χ0n) is 21.4. The second-order valence-electron chi connectivity index (χ2n) is 9.65. The van der Waals surface area contributed by atoms with E-state index in [1.54, 1.807) is 25.4 Å². The number of benzene rings is 3. The Kier molecular flexibility index (Phi) is 7.47. The number of fused-ring (bicyclic) bond motifs is 10. The number of thiol groups is 1. The molecular formula is C29H29N5O4S. The van der Waals surface area contributed by atoms with Gasteiger partial charge in [0.1, 0.15) is 11.9 Å². The number of pyridine rings is 1. The van der Waals surface area contributed by atoms with E-state index in [4.69, 9.17) is 5.73 Å². The molecule has 3 heterocycles. The first-order valence-corrected chi connectivity index (χ1v) is 13.8. The molecule has 0 radical (unpaired) electrons. The molecule has 10 heteroatoms. The predicted octanol–water partition coefficient (Wildman–Crippen LogP) is 3.87. The molecule has 4 bridgehead atoms. The summed E-state index contributed by atoms with van der Waals surface area (Å²) in [5, 5.41) is 7.93. The summed E-state index contributed by atoms with van der Waals surface area (Å²) in [5.74, 6) is 0.0392. The Morgan fingerprint density at radius 2 is 1.79 bits per heavy atom. The molecule has 4 aromatic rings. The third-order valence-electron chi connectivity index (χ3n) is 6.88. The van der Waals surface area contributed by atoms with Crippen molar-refractivity contribution in [3.8, 4) is 0 Å². The quantitative estimate of drug-likeness (QED) is 0.288. The van der Waals surface area contributed by atoms with Gasteiger partial charge in [-0.05, 0) is 77.4 Å². The van der Waals surface area contributed by atoms with Crippen molar-refractivity contribution in [1.29, 1.82) is 0 Å². The van der Waals surface area contributed by atoms with Crippen LogP contribution in [0.25, 0.3) is 10.8 Å². The first-order chi connectivity index (χ1) is 18.8. The van der Waals surface area contributed by atoms with Crippen LogP contribution in [0.4, 0.5) is 17.2 Å². The van der Waals surface area contributed by atoms with Gasteiger partial charge in [0.15, 0.2) is 10.7 Å². The summed E-state index contributed by atoms with van der Waals surface area (Å²) in [7, 11) is -1.27. The molecule has 1 atom stereocenters. The molecule has 0 spiro atoms. The molecule has 0 aliphatic carbocycles. The number of aromatic nitrogens is 1. The molecule has 9 nitrogen and oxygen atoms in total. The van der Waals surface area contributed by atoms with Gasteiger partial charge in [-0.15, -0.1) is 0 Å². The number of nitrogen functional groups attached to an aromatic ring is 1. The monoisotopic (exact) mass is 543 g/mol. The molecule has 0 saturated heterocycles. The lowest BCUT2D eigenvalue weighted by molar-refractivity contribution is -0.131. The average molecular weight is 544 g/mol. The van der Waals surface area contributed by atoms with E-state index in [1.165, 1.54) is 11.0 Å². The van der Waals surface area contributed by atoms with E-state index in [-0.39, 0.29) is 23.3 Å². The SMILES string of the molecule is CN1Cc2cc(ccc2[SH](=O)=O)NC(=O)CCCc2ccc(cc2)[C@@H](Nc2ccc3c(N)nccc3c2)C1=O. The summed E-state index contributed by atoms with van der Waals surface area (Å²) >= 11 is 0. The van der Waals surface area contributed by atoms with E-state index < -0.39 is 16.7 Å². The maximum atomic E-state index is 13.9. The van der Waals surface area contributed by atoms with Crippen LogP contribution in [0.5, 0.6) is 0 Å². The van der Waals surface area contributed by atoms with Crippen molar-refractivity contribution < 1.29 is 18.0 Å². The second-order valence-corrected chi connectivity index (χ2v) is 10.6. The molecule has 2 amide bonds. The third kappa shape index (κ3) is 5.85. The minimum atomic E-state index is -2.90. The molecule has 6 rings (SSSR count). The third-order valence-corrected chi connectivity index (χ3v) is 7.71. The van der Waals surface area contributed by atoms with Crippen molar-refractivity contribution in [2.45, 2.75) is 36.7 Å². The van der Waals surface area contributed by atoms with E-state index in [9.17, 15) is 18.0 Å². The fourth-order valence-electron chi connectivity index (χ4n) is 4.82. The van der Waals surface area contributed by atoms with Crippen LogP contribution < -0.4 is 16.4 Å². The van der Waals surface area contributed by atoms with Crippen molar-refractivity contribution in [3.05, 3.63) is 89.6 Å². The zero-order valence-corrected chi connectivity index (χ0v) is 22.3. The van der Waals surface area contributed by atoms with E-state index in [2.05, 4.69) is 15.6 Å². The van der Waals surface area contributed by atoms with Gasteiger partial charge in [-0.2, -0.15) is 0 Å². The van der Waals surface area contributed by atoms with E-state index >= 15 is 0 Å². The fourth-order valence-corrected chi connectivity index (χ4v) is 5.39. The van der Waals surface area contributed by atoms with Crippen LogP contribution in [0, 0.1) is 0 Å². The van der Waals surface area contributed by atoms with E-state index in [1.807, 2.05) is 48.5 Å². The zero-order chi connectivity index (χ0) is 27.5. The van der Waals surface area contributed by atoms with Crippen LogP contribution in [0.2, 0.25) is 0 Å². The number of likely N-dealkylation sites (N-methyl/N-ethyl adjacent to an activating group) is 1. The van der Waals surface area contributed by atoms with Crippen molar-refractivity contribution in [3.63, 3.8) is 0 Å². The smallest absolute Gasteiger partial charge is 0.249 e. The number of nitrogens with zero attached hydrogens (tertiary/aromatic N) is 2. The van der Waals surface area contributed by atoms with Crippen LogP contribution >= 0.6 is 0 Å². The van der Waals surface area contributed by atoms with Gasteiger partial charge in [-0.1, -0.05) is 24.3 Å². The molecule has 4 N–H and O–H groups in total. The van der Waals surface area contributed by atoms with Gasteiger partial charge in [0, 0.05) is 43.0 Å². The minimum Gasteiger partial charge on any atom is -0.383 e. The molecule has 2 aliphatic heterocycles. The Hall–Kier alpha value is -4.44. The molecular weight excluding hydrogens is 514 g/mol. The largest absolute Gasteiger partial charge is 0.383 e. The van der Waals surface area contributed by atoms with Crippen LogP contribution in [-0.4, -0.2) is 37.2 Å². The van der Waals surface area contributed by atoms with Crippen LogP contribution in [0.3, 0.4) is 0 Å². The maximum Gasteiger partial charge on any atom is 0.249 e. The summed E-state index contributed by atoms with van der Waals surface area (Å²) in [4.78, 5) is 32.1. The number of hydrogen-bond acceptors (Lipinski definition) is 7. The summed E-state index contributed by atoms with van der Waals surface area (Å²) in [6, 6.07) is 19.2. The lowest BCUT2D eigenvalue weighted by atomic mass is 10.00. The number of aryl methyl sites for hydroxylation is 1. The van der Waals surface area contributed by atoms with Crippen LogP contribution in [-0.2, 0) is 33.3 Å². The van der Waals surface area contributed by atoms with Crippen molar-refractivity contribution >= 4 is 50.5 Å². The first-order valence-electron chi connectivity index (χ1n) is 12.6. The van der Waals surface area contributed by atoms with Gasteiger partial charge >= 0.3 is 0 Å². The number of hydrogen-bond donors (Lipinski definition) is 4. The number of nitrogens with one attached hydrogen (secondary N) is 2. The molecule has 0 fully saturated rings. The van der Waals surface area contributed by atoms with Gasteiger partial charge in [-0.25, -0.2) is 13.4 Å². The maximum absolute atomic E-state index is 13.9.